The Kier molecular flexibility index (Phi) is 6.52. The number of amides is 1. The van der Waals surface area contributed by atoms with Gasteiger partial charge in [-0.3, -0.25) is 9.10 Å². The Morgan fingerprint density at radius 3 is 2.54 bits per heavy atom. The van der Waals surface area contributed by atoms with Crippen molar-refractivity contribution in [2.45, 2.75) is 39.0 Å². The van der Waals surface area contributed by atoms with Gasteiger partial charge in [-0.05, 0) is 50.3 Å². The molecular formula is C17H25ClN2O3S. The fourth-order valence-corrected chi connectivity index (χ4v) is 4.17. The number of carbonyl (C=O) groups is 1. The van der Waals surface area contributed by atoms with E-state index in [2.05, 4.69) is 0 Å². The van der Waals surface area contributed by atoms with Gasteiger partial charge in [0.1, 0.15) is 0 Å². The highest BCUT2D eigenvalue weighted by Gasteiger charge is 2.21. The summed E-state index contributed by atoms with van der Waals surface area (Å²) >= 11 is 6.01. The molecule has 0 saturated carbocycles. The first-order valence-corrected chi connectivity index (χ1v) is 10.5. The van der Waals surface area contributed by atoms with Crippen LogP contribution in [0.1, 0.15) is 37.7 Å². The van der Waals surface area contributed by atoms with Crippen molar-refractivity contribution >= 4 is 33.2 Å². The lowest BCUT2D eigenvalue weighted by molar-refractivity contribution is -0.132. The zero-order chi connectivity index (χ0) is 17.7. The molecule has 0 bridgehead atoms. The molecule has 1 fully saturated rings. The molecule has 0 N–H and O–H groups in total. The van der Waals surface area contributed by atoms with E-state index in [1.165, 1.54) is 17.0 Å². The molecular weight excluding hydrogens is 348 g/mol. The highest BCUT2D eigenvalue weighted by molar-refractivity contribution is 7.92. The Bertz CT molecular complexity index is 685. The minimum Gasteiger partial charge on any atom is -0.343 e. The summed E-state index contributed by atoms with van der Waals surface area (Å²) in [5.74, 6) is 0.117. The molecule has 24 heavy (non-hydrogen) atoms. The fourth-order valence-electron chi connectivity index (χ4n) is 2.99. The molecule has 0 radical (unpaired) electrons. The van der Waals surface area contributed by atoms with E-state index in [0.717, 1.165) is 31.5 Å². The summed E-state index contributed by atoms with van der Waals surface area (Å²) in [6.45, 7) is 3.77. The van der Waals surface area contributed by atoms with Crippen LogP contribution in [-0.4, -0.2) is 45.1 Å². The summed E-state index contributed by atoms with van der Waals surface area (Å²) in [6.07, 6.45) is 5.34. The van der Waals surface area contributed by atoms with Gasteiger partial charge in [0.05, 0.1) is 11.9 Å². The van der Waals surface area contributed by atoms with Crippen molar-refractivity contribution in [1.82, 2.24) is 4.90 Å². The molecule has 0 unspecified atom stereocenters. The number of carbonyl (C=O) groups excluding carboxylic acids is 1. The molecule has 1 heterocycles. The maximum absolute atomic E-state index is 12.2. The minimum atomic E-state index is -3.43. The van der Waals surface area contributed by atoms with Crippen LogP contribution in [0.2, 0.25) is 5.02 Å². The SMILES string of the molecule is Cc1ccc(Cl)cc1N(CCCC(=O)N1CCCCC1)S(C)(=O)=O. The van der Waals surface area contributed by atoms with Gasteiger partial charge in [-0.1, -0.05) is 17.7 Å². The van der Waals surface area contributed by atoms with E-state index in [-0.39, 0.29) is 12.5 Å². The second-order valence-corrected chi connectivity index (χ2v) is 8.65. The van der Waals surface area contributed by atoms with E-state index < -0.39 is 10.0 Å². The third-order valence-corrected chi connectivity index (χ3v) is 5.72. The van der Waals surface area contributed by atoms with Crippen LogP contribution in [0.3, 0.4) is 0 Å². The van der Waals surface area contributed by atoms with Crippen LogP contribution in [0.5, 0.6) is 0 Å². The van der Waals surface area contributed by atoms with Gasteiger partial charge in [0, 0.05) is 31.1 Å². The average Bonchev–Trinajstić information content (AvgIpc) is 2.53. The quantitative estimate of drug-likeness (QED) is 0.770. The van der Waals surface area contributed by atoms with E-state index in [4.69, 9.17) is 11.6 Å². The highest BCUT2D eigenvalue weighted by Crippen LogP contribution is 2.26. The number of rotatable bonds is 6. The first-order valence-electron chi connectivity index (χ1n) is 8.30. The maximum atomic E-state index is 12.2. The van der Waals surface area contributed by atoms with Crippen LogP contribution in [0.25, 0.3) is 0 Å². The van der Waals surface area contributed by atoms with Crippen molar-refractivity contribution < 1.29 is 13.2 Å². The van der Waals surface area contributed by atoms with Crippen LogP contribution in [0.4, 0.5) is 5.69 Å². The Balaban J connectivity index is 2.02. The zero-order valence-electron chi connectivity index (χ0n) is 14.3. The van der Waals surface area contributed by atoms with Crippen molar-refractivity contribution in [2.75, 3.05) is 30.2 Å². The zero-order valence-corrected chi connectivity index (χ0v) is 15.9. The van der Waals surface area contributed by atoms with Crippen LogP contribution >= 0.6 is 11.6 Å². The molecule has 1 amide bonds. The number of benzene rings is 1. The van der Waals surface area contributed by atoms with Crippen molar-refractivity contribution in [3.05, 3.63) is 28.8 Å². The first kappa shape index (κ1) is 19.1. The monoisotopic (exact) mass is 372 g/mol. The molecule has 1 saturated heterocycles. The van der Waals surface area contributed by atoms with E-state index in [9.17, 15) is 13.2 Å². The van der Waals surface area contributed by atoms with E-state index in [0.29, 0.717) is 23.6 Å². The molecule has 2 rings (SSSR count). The van der Waals surface area contributed by atoms with Gasteiger partial charge in [0.15, 0.2) is 0 Å². The first-order chi connectivity index (χ1) is 11.3. The number of sulfonamides is 1. The van der Waals surface area contributed by atoms with Crippen molar-refractivity contribution in [2.24, 2.45) is 0 Å². The summed E-state index contributed by atoms with van der Waals surface area (Å²) in [7, 11) is -3.43. The third-order valence-electron chi connectivity index (χ3n) is 4.30. The Hall–Kier alpha value is -1.27. The van der Waals surface area contributed by atoms with Crippen LogP contribution in [0, 0.1) is 6.92 Å². The molecule has 1 aromatic rings. The van der Waals surface area contributed by atoms with Gasteiger partial charge in [-0.15, -0.1) is 0 Å². The summed E-state index contributed by atoms with van der Waals surface area (Å²) in [6, 6.07) is 5.19. The largest absolute Gasteiger partial charge is 0.343 e. The summed E-state index contributed by atoms with van der Waals surface area (Å²) in [5.41, 5.74) is 1.42. The number of hydrogen-bond donors (Lipinski definition) is 0. The van der Waals surface area contributed by atoms with Gasteiger partial charge in [0.25, 0.3) is 0 Å². The highest BCUT2D eigenvalue weighted by atomic mass is 35.5. The predicted octanol–water partition coefficient (Wildman–Crippen LogP) is 3.21. The molecule has 0 spiro atoms. The minimum absolute atomic E-state index is 0.117. The number of halogens is 1. The van der Waals surface area contributed by atoms with Gasteiger partial charge in [0.2, 0.25) is 15.9 Å². The average molecular weight is 373 g/mol. The standard InChI is InChI=1S/C17H25ClN2O3S/c1-14-8-9-15(18)13-16(14)20(24(2,22)23)12-6-7-17(21)19-10-4-3-5-11-19/h8-9,13H,3-7,10-12H2,1-2H3. The molecule has 5 nitrogen and oxygen atoms in total. The number of nitrogens with zero attached hydrogens (tertiary/aromatic N) is 2. The third kappa shape index (κ3) is 5.11. The summed E-state index contributed by atoms with van der Waals surface area (Å²) in [4.78, 5) is 14.1. The van der Waals surface area contributed by atoms with Gasteiger partial charge < -0.3 is 4.90 Å². The molecule has 0 aromatic heterocycles. The Labute approximate surface area is 149 Å². The summed E-state index contributed by atoms with van der Waals surface area (Å²) in [5, 5.41) is 0.494. The smallest absolute Gasteiger partial charge is 0.232 e. The van der Waals surface area contributed by atoms with E-state index >= 15 is 0 Å². The van der Waals surface area contributed by atoms with E-state index in [1.807, 2.05) is 11.8 Å². The van der Waals surface area contributed by atoms with Crippen LogP contribution < -0.4 is 4.31 Å². The topological polar surface area (TPSA) is 57.7 Å². The van der Waals surface area contributed by atoms with Crippen molar-refractivity contribution in [3.63, 3.8) is 0 Å². The number of likely N-dealkylation sites (tertiary alicyclic amines) is 1. The van der Waals surface area contributed by atoms with Gasteiger partial charge in [-0.2, -0.15) is 0 Å². The molecule has 134 valence electrons. The van der Waals surface area contributed by atoms with Crippen molar-refractivity contribution in [3.8, 4) is 0 Å². The fraction of sp³-hybridized carbons (Fsp3) is 0.588. The van der Waals surface area contributed by atoms with Gasteiger partial charge >= 0.3 is 0 Å². The second kappa shape index (κ2) is 8.21. The molecule has 1 aromatic carbocycles. The number of piperidine rings is 1. The lowest BCUT2D eigenvalue weighted by atomic mass is 10.1. The normalized spacial score (nSPS) is 15.4. The molecule has 0 atom stereocenters. The number of anilines is 1. The Morgan fingerprint density at radius 2 is 1.92 bits per heavy atom. The van der Waals surface area contributed by atoms with Crippen LogP contribution in [-0.2, 0) is 14.8 Å². The lowest BCUT2D eigenvalue weighted by Crippen LogP contribution is -2.36. The van der Waals surface area contributed by atoms with E-state index in [1.54, 1.807) is 18.2 Å². The molecule has 0 aliphatic carbocycles. The molecule has 1 aliphatic heterocycles. The molecule has 1 aliphatic rings. The Morgan fingerprint density at radius 1 is 1.25 bits per heavy atom. The number of aryl methyl sites for hydroxylation is 1. The molecule has 7 heteroatoms. The van der Waals surface area contributed by atoms with Gasteiger partial charge in [-0.25, -0.2) is 8.42 Å². The number of hydrogen-bond acceptors (Lipinski definition) is 3. The van der Waals surface area contributed by atoms with Crippen LogP contribution in [0.15, 0.2) is 18.2 Å². The predicted molar refractivity (Wildman–Crippen MR) is 98.0 cm³/mol. The lowest BCUT2D eigenvalue weighted by Gasteiger charge is -2.28. The maximum Gasteiger partial charge on any atom is 0.232 e. The van der Waals surface area contributed by atoms with Crippen molar-refractivity contribution in [1.29, 1.82) is 0 Å². The second-order valence-electron chi connectivity index (χ2n) is 6.31. The summed E-state index contributed by atoms with van der Waals surface area (Å²) < 4.78 is 25.7.